The highest BCUT2D eigenvalue weighted by atomic mass is 19.1. The molecule has 0 atom stereocenters. The van der Waals surface area contributed by atoms with Crippen LogP contribution in [-0.2, 0) is 6.42 Å². The molecule has 0 spiro atoms. The van der Waals surface area contributed by atoms with Crippen LogP contribution >= 0.6 is 0 Å². The molecule has 0 aliphatic heterocycles. The average Bonchev–Trinajstić information content (AvgIpc) is 2.84. The van der Waals surface area contributed by atoms with E-state index in [1.54, 1.807) is 6.08 Å². The lowest BCUT2D eigenvalue weighted by Crippen LogP contribution is -2.22. The summed E-state index contributed by atoms with van der Waals surface area (Å²) in [5, 5.41) is 8.42. The van der Waals surface area contributed by atoms with Crippen molar-refractivity contribution in [2.75, 3.05) is 0 Å². The molecule has 0 amide bonds. The predicted octanol–water partition coefficient (Wildman–Crippen LogP) is 8.99. The van der Waals surface area contributed by atoms with Crippen molar-refractivity contribution < 1.29 is 4.39 Å². The normalized spacial score (nSPS) is 26.7. The van der Waals surface area contributed by atoms with Gasteiger partial charge in [-0.25, -0.2) is 0 Å². The third kappa shape index (κ3) is 7.19. The Kier molecular flexibility index (Phi) is 9.79. The van der Waals surface area contributed by atoms with Gasteiger partial charge in [0.25, 0.3) is 0 Å². The Labute approximate surface area is 195 Å². The van der Waals surface area contributed by atoms with Crippen LogP contribution in [0.4, 0.5) is 4.39 Å². The molecule has 0 radical (unpaired) electrons. The Morgan fingerprint density at radius 3 is 2.25 bits per heavy atom. The minimum atomic E-state index is -0.723. The standard InChI is InChI=1S/C30H40FN/c1-3-7-24-12-16-28(17-13-24)29-20-18-27(19-21-29)23(2)26-14-10-25(11-15-26)8-5-4-6-9-30(31)22-32/h4,6,9,12-13,16-17,25-27,29H,2-3,5,7-8,10-11,14-15,18-21H2,1H3/b6-4+,30-9-. The van der Waals surface area contributed by atoms with Gasteiger partial charge in [0.15, 0.2) is 5.83 Å². The molecule has 0 aromatic heterocycles. The zero-order chi connectivity index (χ0) is 22.8. The molecule has 0 N–H and O–H groups in total. The van der Waals surface area contributed by atoms with Gasteiger partial charge in [0.1, 0.15) is 6.07 Å². The third-order valence-electron chi connectivity index (χ3n) is 7.84. The second-order valence-electron chi connectivity index (χ2n) is 9.96. The smallest absolute Gasteiger partial charge is 0.195 e. The monoisotopic (exact) mass is 433 g/mol. The van der Waals surface area contributed by atoms with Crippen LogP contribution in [0.2, 0.25) is 0 Å². The molecule has 0 heterocycles. The van der Waals surface area contributed by atoms with Gasteiger partial charge in [-0.3, -0.25) is 0 Å². The first kappa shape index (κ1) is 24.5. The number of aryl methyl sites for hydroxylation is 1. The summed E-state index contributed by atoms with van der Waals surface area (Å²) in [6.07, 6.45) is 19.8. The van der Waals surface area contributed by atoms with Crippen molar-refractivity contribution in [2.24, 2.45) is 17.8 Å². The average molecular weight is 434 g/mol. The van der Waals surface area contributed by atoms with Crippen LogP contribution in [0.25, 0.3) is 0 Å². The van der Waals surface area contributed by atoms with E-state index in [9.17, 15) is 4.39 Å². The molecule has 172 valence electrons. The largest absolute Gasteiger partial charge is 0.199 e. The maximum Gasteiger partial charge on any atom is 0.199 e. The molecule has 1 aromatic carbocycles. The van der Waals surface area contributed by atoms with E-state index < -0.39 is 5.83 Å². The fourth-order valence-electron chi connectivity index (χ4n) is 5.82. The van der Waals surface area contributed by atoms with Crippen molar-refractivity contribution in [3.05, 3.63) is 71.6 Å². The van der Waals surface area contributed by atoms with E-state index >= 15 is 0 Å². The Hall–Kier alpha value is -2.14. The number of nitriles is 1. The van der Waals surface area contributed by atoms with Crippen LogP contribution in [-0.4, -0.2) is 0 Å². The molecule has 3 rings (SSSR count). The second-order valence-corrected chi connectivity index (χ2v) is 9.96. The number of benzene rings is 1. The van der Waals surface area contributed by atoms with E-state index in [0.717, 1.165) is 24.2 Å². The molecule has 1 nitrogen and oxygen atoms in total. The fourth-order valence-corrected chi connectivity index (χ4v) is 5.82. The molecule has 2 fully saturated rings. The first-order chi connectivity index (χ1) is 15.6. The summed E-state index contributed by atoms with van der Waals surface area (Å²) in [6, 6.07) is 10.9. The Morgan fingerprint density at radius 1 is 1.03 bits per heavy atom. The highest BCUT2D eigenvalue weighted by molar-refractivity contribution is 5.26. The van der Waals surface area contributed by atoms with Crippen molar-refractivity contribution in [3.8, 4) is 6.07 Å². The van der Waals surface area contributed by atoms with E-state index in [1.807, 2.05) is 6.08 Å². The van der Waals surface area contributed by atoms with Gasteiger partial charge in [0.05, 0.1) is 0 Å². The zero-order valence-corrected chi connectivity index (χ0v) is 19.9. The Bertz CT molecular complexity index is 809. The van der Waals surface area contributed by atoms with Gasteiger partial charge in [-0.15, -0.1) is 0 Å². The Morgan fingerprint density at radius 2 is 1.66 bits per heavy atom. The lowest BCUT2D eigenvalue weighted by Gasteiger charge is -2.36. The number of halogens is 1. The summed E-state index contributed by atoms with van der Waals surface area (Å²) in [6.45, 7) is 6.83. The van der Waals surface area contributed by atoms with Crippen LogP contribution < -0.4 is 0 Å². The predicted molar refractivity (Wildman–Crippen MR) is 133 cm³/mol. The Balaban J connectivity index is 1.37. The van der Waals surface area contributed by atoms with Gasteiger partial charge >= 0.3 is 0 Å². The van der Waals surface area contributed by atoms with Crippen molar-refractivity contribution in [2.45, 2.75) is 89.9 Å². The van der Waals surface area contributed by atoms with Crippen LogP contribution in [0.3, 0.4) is 0 Å². The van der Waals surface area contributed by atoms with Crippen molar-refractivity contribution >= 4 is 0 Å². The fraction of sp³-hybridized carbons (Fsp3) is 0.567. The summed E-state index contributed by atoms with van der Waals surface area (Å²) >= 11 is 0. The number of rotatable bonds is 9. The van der Waals surface area contributed by atoms with Crippen molar-refractivity contribution in [3.63, 3.8) is 0 Å². The topological polar surface area (TPSA) is 23.8 Å². The summed E-state index contributed by atoms with van der Waals surface area (Å²) in [4.78, 5) is 0. The van der Waals surface area contributed by atoms with Gasteiger partial charge in [0.2, 0.25) is 0 Å². The lowest BCUT2D eigenvalue weighted by atomic mass is 9.69. The van der Waals surface area contributed by atoms with Crippen LogP contribution in [0.15, 0.2) is 60.5 Å². The summed E-state index contributed by atoms with van der Waals surface area (Å²) in [5.41, 5.74) is 4.54. The van der Waals surface area contributed by atoms with Gasteiger partial charge in [-0.2, -0.15) is 9.65 Å². The maximum absolute atomic E-state index is 12.8. The number of nitrogens with zero attached hydrogens (tertiary/aromatic N) is 1. The first-order valence-electron chi connectivity index (χ1n) is 12.8. The number of allylic oxidation sites excluding steroid dienone is 5. The minimum Gasteiger partial charge on any atom is -0.195 e. The molecule has 1 aromatic rings. The van der Waals surface area contributed by atoms with Crippen LogP contribution in [0.5, 0.6) is 0 Å². The maximum atomic E-state index is 12.8. The lowest BCUT2D eigenvalue weighted by molar-refractivity contribution is 0.260. The number of hydrogen-bond acceptors (Lipinski definition) is 1. The van der Waals surface area contributed by atoms with E-state index in [4.69, 9.17) is 5.26 Å². The highest BCUT2D eigenvalue weighted by Gasteiger charge is 2.29. The molecule has 2 heteroatoms. The first-order valence-corrected chi connectivity index (χ1v) is 12.8. The molecule has 0 bridgehead atoms. The molecule has 2 aliphatic carbocycles. The second kappa shape index (κ2) is 12.8. The van der Waals surface area contributed by atoms with Crippen LogP contribution in [0, 0.1) is 29.1 Å². The minimum absolute atomic E-state index is 0.712. The summed E-state index contributed by atoms with van der Waals surface area (Å²) < 4.78 is 12.8. The molecule has 32 heavy (non-hydrogen) atoms. The molecular formula is C30H40FN. The van der Waals surface area contributed by atoms with E-state index in [1.165, 1.54) is 99.5 Å². The summed E-state index contributed by atoms with van der Waals surface area (Å²) in [5.74, 6) is 2.22. The third-order valence-corrected chi connectivity index (χ3v) is 7.84. The highest BCUT2D eigenvalue weighted by Crippen LogP contribution is 2.44. The SMILES string of the molecule is C=C(C1CCC(CC/C=C/C=C(\F)C#N)CC1)C1CCC(c2ccc(CCC)cc2)CC1. The number of hydrogen-bond donors (Lipinski definition) is 0. The van der Waals surface area contributed by atoms with Crippen LogP contribution in [0.1, 0.15) is 94.6 Å². The molecule has 0 saturated heterocycles. The van der Waals surface area contributed by atoms with Crippen molar-refractivity contribution in [1.29, 1.82) is 5.26 Å². The summed E-state index contributed by atoms with van der Waals surface area (Å²) in [7, 11) is 0. The molecule has 0 unspecified atom stereocenters. The van der Waals surface area contributed by atoms with E-state index in [-0.39, 0.29) is 0 Å². The van der Waals surface area contributed by atoms with E-state index in [2.05, 4.69) is 37.8 Å². The quantitative estimate of drug-likeness (QED) is 0.216. The van der Waals surface area contributed by atoms with Gasteiger partial charge < -0.3 is 0 Å². The van der Waals surface area contributed by atoms with E-state index in [0.29, 0.717) is 5.92 Å². The van der Waals surface area contributed by atoms with Gasteiger partial charge in [-0.1, -0.05) is 61.9 Å². The molecule has 2 aliphatic rings. The zero-order valence-electron chi connectivity index (χ0n) is 19.9. The van der Waals surface area contributed by atoms with Crippen molar-refractivity contribution in [1.82, 2.24) is 0 Å². The molecule has 2 saturated carbocycles. The van der Waals surface area contributed by atoms with Gasteiger partial charge in [-0.05, 0) is 112 Å². The molecular weight excluding hydrogens is 393 g/mol. The van der Waals surface area contributed by atoms with Gasteiger partial charge in [0, 0.05) is 0 Å².